The lowest BCUT2D eigenvalue weighted by molar-refractivity contribution is -0.135. The predicted molar refractivity (Wildman–Crippen MR) is 49.1 cm³/mol. The molecule has 0 atom stereocenters. The maximum atomic E-state index is 10.2. The van der Waals surface area contributed by atoms with Crippen molar-refractivity contribution >= 4 is 5.97 Å². The van der Waals surface area contributed by atoms with Crippen molar-refractivity contribution in [3.05, 3.63) is 23.8 Å². The Hall–Kier alpha value is -1.75. The molecule has 0 unspecified atom stereocenters. The molecule has 0 bridgehead atoms. The molecule has 0 fully saturated rings. The first-order valence-electron chi connectivity index (χ1n) is 4.03. The van der Waals surface area contributed by atoms with Crippen molar-refractivity contribution in [1.29, 1.82) is 0 Å². The van der Waals surface area contributed by atoms with Gasteiger partial charge in [-0.2, -0.15) is 0 Å². The zero-order chi connectivity index (χ0) is 10.6. The lowest BCUT2D eigenvalue weighted by Crippen LogP contribution is -2.21. The minimum Gasteiger partial charge on any atom is -0.504 e. The topological polar surface area (TPSA) is 89.8 Å². The number of phenolic OH excluding ortho intramolecular Hbond substituents is 2. The predicted octanol–water partition coefficient (Wildman–Crippen LogP) is 0.272. The van der Waals surface area contributed by atoms with Gasteiger partial charge in [0.2, 0.25) is 0 Å². The van der Waals surface area contributed by atoms with Crippen molar-refractivity contribution in [2.24, 2.45) is 0 Å². The van der Waals surface area contributed by atoms with E-state index in [9.17, 15) is 4.79 Å². The molecule has 0 saturated heterocycles. The van der Waals surface area contributed by atoms with Crippen LogP contribution in [-0.2, 0) is 11.3 Å². The highest BCUT2D eigenvalue weighted by Crippen LogP contribution is 2.24. The first kappa shape index (κ1) is 10.3. The van der Waals surface area contributed by atoms with Gasteiger partial charge in [0.15, 0.2) is 11.5 Å². The van der Waals surface area contributed by atoms with Gasteiger partial charge in [0, 0.05) is 6.54 Å². The molecule has 0 saturated carbocycles. The molecule has 5 nitrogen and oxygen atoms in total. The largest absolute Gasteiger partial charge is 0.504 e. The quantitative estimate of drug-likeness (QED) is 0.520. The van der Waals surface area contributed by atoms with Gasteiger partial charge in [-0.05, 0) is 17.7 Å². The van der Waals surface area contributed by atoms with E-state index in [0.717, 1.165) is 0 Å². The van der Waals surface area contributed by atoms with E-state index in [0.29, 0.717) is 12.1 Å². The molecular weight excluding hydrogens is 186 g/mol. The second kappa shape index (κ2) is 4.48. The normalized spacial score (nSPS) is 10.0. The van der Waals surface area contributed by atoms with Crippen molar-refractivity contribution in [2.45, 2.75) is 6.54 Å². The van der Waals surface area contributed by atoms with Gasteiger partial charge in [-0.15, -0.1) is 0 Å². The Labute approximate surface area is 80.6 Å². The third kappa shape index (κ3) is 2.95. The summed E-state index contributed by atoms with van der Waals surface area (Å²) >= 11 is 0. The Kier molecular flexibility index (Phi) is 3.30. The Morgan fingerprint density at radius 1 is 1.29 bits per heavy atom. The molecule has 1 aromatic carbocycles. The van der Waals surface area contributed by atoms with Gasteiger partial charge in [-0.1, -0.05) is 6.07 Å². The second-order valence-corrected chi connectivity index (χ2v) is 2.82. The number of hydrogen-bond acceptors (Lipinski definition) is 4. The molecule has 0 aromatic heterocycles. The van der Waals surface area contributed by atoms with Crippen molar-refractivity contribution in [2.75, 3.05) is 6.54 Å². The molecule has 14 heavy (non-hydrogen) atoms. The van der Waals surface area contributed by atoms with Crippen LogP contribution in [0, 0.1) is 0 Å². The van der Waals surface area contributed by atoms with Gasteiger partial charge in [-0.25, -0.2) is 0 Å². The van der Waals surface area contributed by atoms with Gasteiger partial charge in [0.1, 0.15) is 0 Å². The number of hydrogen-bond donors (Lipinski definition) is 4. The molecule has 0 radical (unpaired) electrons. The number of carbonyl (C=O) groups is 1. The fraction of sp³-hybridized carbons (Fsp3) is 0.222. The van der Waals surface area contributed by atoms with Crippen LogP contribution in [0.1, 0.15) is 5.56 Å². The highest BCUT2D eigenvalue weighted by atomic mass is 16.4. The number of aromatic hydroxyl groups is 2. The zero-order valence-corrected chi connectivity index (χ0v) is 7.40. The van der Waals surface area contributed by atoms with Crippen LogP contribution in [0.3, 0.4) is 0 Å². The number of nitrogens with one attached hydrogen (secondary N) is 1. The summed E-state index contributed by atoms with van der Waals surface area (Å²) in [7, 11) is 0. The molecule has 0 amide bonds. The number of phenols is 2. The molecule has 4 N–H and O–H groups in total. The number of carboxylic acids is 1. The summed E-state index contributed by atoms with van der Waals surface area (Å²) in [5, 5.41) is 29.1. The standard InChI is InChI=1S/C9H11NO4/c11-7-2-1-6(3-8(7)12)4-10-5-9(13)14/h1-3,10-12H,4-5H2,(H,13,14). The SMILES string of the molecule is O=C(O)CNCc1ccc(O)c(O)c1. The summed E-state index contributed by atoms with van der Waals surface area (Å²) in [6.45, 7) is 0.196. The van der Waals surface area contributed by atoms with Gasteiger partial charge in [-0.3, -0.25) is 4.79 Å². The Morgan fingerprint density at radius 2 is 2.00 bits per heavy atom. The molecule has 76 valence electrons. The minimum absolute atomic E-state index is 0.137. The summed E-state index contributed by atoms with van der Waals surface area (Å²) in [4.78, 5) is 10.2. The van der Waals surface area contributed by atoms with Crippen LogP contribution < -0.4 is 5.32 Å². The van der Waals surface area contributed by atoms with E-state index in [2.05, 4.69) is 5.32 Å². The fourth-order valence-corrected chi connectivity index (χ4v) is 0.993. The van der Waals surface area contributed by atoms with E-state index in [1.807, 2.05) is 0 Å². The molecule has 0 aliphatic carbocycles. The van der Waals surface area contributed by atoms with E-state index >= 15 is 0 Å². The monoisotopic (exact) mass is 197 g/mol. The number of benzene rings is 1. The summed E-state index contributed by atoms with van der Waals surface area (Å²) < 4.78 is 0. The maximum absolute atomic E-state index is 10.2. The van der Waals surface area contributed by atoms with Crippen molar-refractivity contribution in [3.63, 3.8) is 0 Å². The van der Waals surface area contributed by atoms with Crippen LogP contribution in [0.15, 0.2) is 18.2 Å². The molecule has 0 heterocycles. The van der Waals surface area contributed by atoms with E-state index in [1.165, 1.54) is 12.1 Å². The van der Waals surface area contributed by atoms with Crippen molar-refractivity contribution in [1.82, 2.24) is 5.32 Å². The summed E-state index contributed by atoms with van der Waals surface area (Å²) in [5.74, 6) is -1.33. The number of carboxylic acid groups (broad SMARTS) is 1. The third-order valence-corrected chi connectivity index (χ3v) is 1.65. The maximum Gasteiger partial charge on any atom is 0.317 e. The highest BCUT2D eigenvalue weighted by molar-refractivity contribution is 5.69. The van der Waals surface area contributed by atoms with Crippen LogP contribution in [-0.4, -0.2) is 27.8 Å². The number of aliphatic carboxylic acids is 1. The smallest absolute Gasteiger partial charge is 0.317 e. The third-order valence-electron chi connectivity index (χ3n) is 1.65. The first-order valence-corrected chi connectivity index (χ1v) is 4.03. The summed E-state index contributed by atoms with van der Waals surface area (Å²) in [6, 6.07) is 4.33. The van der Waals surface area contributed by atoms with Crippen LogP contribution in [0.25, 0.3) is 0 Å². The van der Waals surface area contributed by atoms with Crippen LogP contribution in [0.5, 0.6) is 11.5 Å². The Balaban J connectivity index is 2.51. The van der Waals surface area contributed by atoms with E-state index in [-0.39, 0.29) is 18.0 Å². The molecule has 0 aliphatic rings. The molecule has 5 heteroatoms. The molecular formula is C9H11NO4. The Morgan fingerprint density at radius 3 is 2.57 bits per heavy atom. The van der Waals surface area contributed by atoms with Gasteiger partial charge in [0.05, 0.1) is 6.54 Å². The lowest BCUT2D eigenvalue weighted by atomic mass is 10.2. The van der Waals surface area contributed by atoms with Gasteiger partial charge in [0.25, 0.3) is 0 Å². The summed E-state index contributed by atoms with van der Waals surface area (Å²) in [6.07, 6.45) is 0. The zero-order valence-electron chi connectivity index (χ0n) is 7.40. The molecule has 1 aromatic rings. The molecule has 0 spiro atoms. The van der Waals surface area contributed by atoms with Crippen LogP contribution >= 0.6 is 0 Å². The first-order chi connectivity index (χ1) is 6.59. The molecule has 0 aliphatic heterocycles. The van der Waals surface area contributed by atoms with Crippen LogP contribution in [0.4, 0.5) is 0 Å². The summed E-state index contributed by atoms with van der Waals surface area (Å²) in [5.41, 5.74) is 0.710. The average molecular weight is 197 g/mol. The van der Waals surface area contributed by atoms with Gasteiger partial charge < -0.3 is 20.6 Å². The van der Waals surface area contributed by atoms with Crippen molar-refractivity contribution in [3.8, 4) is 11.5 Å². The highest BCUT2D eigenvalue weighted by Gasteiger charge is 2.01. The Bertz CT molecular complexity index is 338. The lowest BCUT2D eigenvalue weighted by Gasteiger charge is -2.03. The van der Waals surface area contributed by atoms with E-state index < -0.39 is 5.97 Å². The van der Waals surface area contributed by atoms with Gasteiger partial charge >= 0.3 is 5.97 Å². The average Bonchev–Trinajstić information content (AvgIpc) is 2.10. The van der Waals surface area contributed by atoms with Crippen molar-refractivity contribution < 1.29 is 20.1 Å². The molecule has 1 rings (SSSR count). The minimum atomic E-state index is -0.937. The van der Waals surface area contributed by atoms with E-state index in [1.54, 1.807) is 6.07 Å². The van der Waals surface area contributed by atoms with Crippen LogP contribution in [0.2, 0.25) is 0 Å². The number of rotatable bonds is 4. The fourth-order valence-electron chi connectivity index (χ4n) is 0.993. The van der Waals surface area contributed by atoms with E-state index in [4.69, 9.17) is 15.3 Å². The second-order valence-electron chi connectivity index (χ2n) is 2.82.